The number of nitrogens with zero attached hydrogens (tertiary/aromatic N) is 2. The highest BCUT2D eigenvalue weighted by Crippen LogP contribution is 2.21. The van der Waals surface area contributed by atoms with Gasteiger partial charge in [-0.1, -0.05) is 31.5 Å². The highest BCUT2D eigenvalue weighted by Gasteiger charge is 2.26. The monoisotopic (exact) mass is 290 g/mol. The van der Waals surface area contributed by atoms with Crippen molar-refractivity contribution in [2.24, 2.45) is 0 Å². The van der Waals surface area contributed by atoms with Crippen molar-refractivity contribution in [1.29, 1.82) is 0 Å². The Kier molecular flexibility index (Phi) is 5.62. The second-order valence-electron chi connectivity index (χ2n) is 5.81. The Labute approximate surface area is 127 Å². The van der Waals surface area contributed by atoms with Gasteiger partial charge in [-0.2, -0.15) is 0 Å². The minimum atomic E-state index is -0.679. The van der Waals surface area contributed by atoms with Gasteiger partial charge < -0.3 is 10.0 Å². The largest absolute Gasteiger partial charge is 0.480 e. The van der Waals surface area contributed by atoms with Crippen LogP contribution in [0.4, 0.5) is 5.69 Å². The summed E-state index contributed by atoms with van der Waals surface area (Å²) < 4.78 is 0. The van der Waals surface area contributed by atoms with Gasteiger partial charge in [0.25, 0.3) is 0 Å². The number of hydrogen-bond acceptors (Lipinski definition) is 3. The van der Waals surface area contributed by atoms with Crippen LogP contribution in [-0.4, -0.2) is 48.2 Å². The Hall–Kier alpha value is -1.55. The van der Waals surface area contributed by atoms with Gasteiger partial charge in [-0.05, 0) is 31.4 Å². The molecule has 1 aromatic rings. The molecule has 4 nitrogen and oxygen atoms in total. The van der Waals surface area contributed by atoms with Crippen LogP contribution < -0.4 is 4.90 Å². The van der Waals surface area contributed by atoms with Crippen LogP contribution in [0.2, 0.25) is 0 Å². The van der Waals surface area contributed by atoms with Crippen LogP contribution >= 0.6 is 0 Å². The van der Waals surface area contributed by atoms with Crippen LogP contribution in [0.5, 0.6) is 0 Å². The summed E-state index contributed by atoms with van der Waals surface area (Å²) in [5, 5.41) is 9.42. The van der Waals surface area contributed by atoms with Crippen LogP contribution in [0.3, 0.4) is 0 Å². The van der Waals surface area contributed by atoms with Crippen molar-refractivity contribution in [3.63, 3.8) is 0 Å². The molecule has 0 saturated carbocycles. The summed E-state index contributed by atoms with van der Waals surface area (Å²) in [7, 11) is 0. The summed E-state index contributed by atoms with van der Waals surface area (Å²) >= 11 is 0. The van der Waals surface area contributed by atoms with Gasteiger partial charge in [0.2, 0.25) is 0 Å². The van der Waals surface area contributed by atoms with Crippen molar-refractivity contribution in [3.8, 4) is 0 Å². The molecule has 0 radical (unpaired) electrons. The molecule has 0 aromatic heterocycles. The highest BCUT2D eigenvalue weighted by molar-refractivity contribution is 5.73. The lowest BCUT2D eigenvalue weighted by Gasteiger charge is -2.28. The smallest absolute Gasteiger partial charge is 0.320 e. The van der Waals surface area contributed by atoms with E-state index in [9.17, 15) is 9.90 Å². The average Bonchev–Trinajstić information content (AvgIpc) is 2.70. The number of aryl methyl sites for hydroxylation is 1. The number of benzene rings is 1. The lowest BCUT2D eigenvalue weighted by molar-refractivity contribution is -0.143. The predicted molar refractivity (Wildman–Crippen MR) is 85.9 cm³/mol. The Morgan fingerprint density at radius 2 is 2.00 bits per heavy atom. The van der Waals surface area contributed by atoms with E-state index in [1.807, 2.05) is 6.92 Å². The summed E-state index contributed by atoms with van der Waals surface area (Å²) in [6.45, 7) is 7.78. The van der Waals surface area contributed by atoms with E-state index in [1.165, 1.54) is 11.3 Å². The first kappa shape index (κ1) is 15.8. The molecule has 1 aromatic carbocycles. The third-order valence-electron chi connectivity index (χ3n) is 4.27. The van der Waals surface area contributed by atoms with E-state index in [4.69, 9.17) is 0 Å². The van der Waals surface area contributed by atoms with Crippen molar-refractivity contribution >= 4 is 11.7 Å². The molecule has 0 spiro atoms. The first-order valence-electron chi connectivity index (χ1n) is 7.91. The SMILES string of the molecule is CCCC(C(=O)O)N1CCCN(c2ccccc2C)CC1. The minimum Gasteiger partial charge on any atom is -0.480 e. The first-order valence-corrected chi connectivity index (χ1v) is 7.91. The molecule has 0 bridgehead atoms. The van der Waals surface area contributed by atoms with Crippen molar-refractivity contribution < 1.29 is 9.90 Å². The van der Waals surface area contributed by atoms with Crippen LogP contribution in [-0.2, 0) is 4.79 Å². The zero-order valence-corrected chi connectivity index (χ0v) is 13.1. The van der Waals surface area contributed by atoms with Gasteiger partial charge in [-0.25, -0.2) is 0 Å². The van der Waals surface area contributed by atoms with E-state index in [2.05, 4.69) is 41.0 Å². The Bertz CT molecular complexity index is 476. The summed E-state index contributed by atoms with van der Waals surface area (Å²) in [6.07, 6.45) is 2.66. The Morgan fingerprint density at radius 1 is 1.24 bits per heavy atom. The maximum Gasteiger partial charge on any atom is 0.320 e. The number of carboxylic acid groups (broad SMARTS) is 1. The van der Waals surface area contributed by atoms with Crippen molar-refractivity contribution in [1.82, 2.24) is 4.90 Å². The summed E-state index contributed by atoms with van der Waals surface area (Å²) in [6, 6.07) is 8.10. The fraction of sp³-hybridized carbons (Fsp3) is 0.588. The molecule has 2 rings (SSSR count). The topological polar surface area (TPSA) is 43.8 Å². The molecule has 1 atom stereocenters. The van der Waals surface area contributed by atoms with E-state index >= 15 is 0 Å². The molecule has 1 aliphatic rings. The molecule has 116 valence electrons. The molecule has 21 heavy (non-hydrogen) atoms. The molecule has 1 aliphatic heterocycles. The van der Waals surface area contributed by atoms with Gasteiger partial charge in [0.15, 0.2) is 0 Å². The second kappa shape index (κ2) is 7.46. The summed E-state index contributed by atoms with van der Waals surface area (Å²) in [4.78, 5) is 16.0. The van der Waals surface area contributed by atoms with E-state index in [0.29, 0.717) is 0 Å². The van der Waals surface area contributed by atoms with Crippen molar-refractivity contribution in [2.45, 2.75) is 39.2 Å². The van der Waals surface area contributed by atoms with E-state index in [-0.39, 0.29) is 6.04 Å². The number of hydrogen-bond donors (Lipinski definition) is 1. The third-order valence-corrected chi connectivity index (χ3v) is 4.27. The molecule has 1 saturated heterocycles. The number of carbonyl (C=O) groups is 1. The Balaban J connectivity index is 2.05. The van der Waals surface area contributed by atoms with Crippen molar-refractivity contribution in [2.75, 3.05) is 31.1 Å². The summed E-state index contributed by atoms with van der Waals surface area (Å²) in [5.41, 5.74) is 2.57. The van der Waals surface area contributed by atoms with Gasteiger partial charge in [0, 0.05) is 31.9 Å². The number of anilines is 1. The molecular formula is C17H26N2O2. The molecule has 1 N–H and O–H groups in total. The fourth-order valence-corrected chi connectivity index (χ4v) is 3.14. The van der Waals surface area contributed by atoms with Crippen LogP contribution in [0.1, 0.15) is 31.7 Å². The normalized spacial score (nSPS) is 18.3. The number of para-hydroxylation sites is 1. The second-order valence-corrected chi connectivity index (χ2v) is 5.81. The first-order chi connectivity index (χ1) is 10.1. The lowest BCUT2D eigenvalue weighted by Crippen LogP contribution is -2.43. The van der Waals surface area contributed by atoms with Gasteiger partial charge in [0.05, 0.1) is 0 Å². The van der Waals surface area contributed by atoms with Gasteiger partial charge in [-0.15, -0.1) is 0 Å². The summed E-state index contributed by atoms with van der Waals surface area (Å²) in [5.74, 6) is -0.679. The third kappa shape index (κ3) is 3.97. The number of aliphatic carboxylic acids is 1. The lowest BCUT2D eigenvalue weighted by atomic mass is 10.1. The molecule has 0 amide bonds. The van der Waals surface area contributed by atoms with Crippen LogP contribution in [0, 0.1) is 6.92 Å². The number of carboxylic acids is 1. The molecule has 1 fully saturated rings. The standard InChI is InChI=1S/C17H26N2O2/c1-3-7-16(17(20)21)19-11-6-10-18(12-13-19)15-9-5-4-8-14(15)2/h4-5,8-9,16H,3,6-7,10-13H2,1-2H3,(H,20,21). The quantitative estimate of drug-likeness (QED) is 0.905. The molecule has 1 heterocycles. The van der Waals surface area contributed by atoms with Gasteiger partial charge in [0.1, 0.15) is 6.04 Å². The zero-order valence-electron chi connectivity index (χ0n) is 13.1. The van der Waals surface area contributed by atoms with E-state index in [1.54, 1.807) is 0 Å². The maximum atomic E-state index is 11.5. The Morgan fingerprint density at radius 3 is 2.67 bits per heavy atom. The minimum absolute atomic E-state index is 0.327. The van der Waals surface area contributed by atoms with E-state index < -0.39 is 5.97 Å². The maximum absolute atomic E-state index is 11.5. The van der Waals surface area contributed by atoms with Crippen LogP contribution in [0.15, 0.2) is 24.3 Å². The zero-order chi connectivity index (χ0) is 15.2. The number of rotatable bonds is 5. The fourth-order valence-electron chi connectivity index (χ4n) is 3.14. The van der Waals surface area contributed by atoms with Crippen molar-refractivity contribution in [3.05, 3.63) is 29.8 Å². The van der Waals surface area contributed by atoms with Crippen LogP contribution in [0.25, 0.3) is 0 Å². The van der Waals surface area contributed by atoms with Gasteiger partial charge >= 0.3 is 5.97 Å². The average molecular weight is 290 g/mol. The highest BCUT2D eigenvalue weighted by atomic mass is 16.4. The van der Waals surface area contributed by atoms with E-state index in [0.717, 1.165) is 45.4 Å². The predicted octanol–water partition coefficient (Wildman–Crippen LogP) is 2.76. The molecule has 0 aliphatic carbocycles. The molecule has 4 heteroatoms. The molecule has 1 unspecified atom stereocenters. The molecular weight excluding hydrogens is 264 g/mol. The van der Waals surface area contributed by atoms with Gasteiger partial charge in [-0.3, -0.25) is 9.69 Å².